The Morgan fingerprint density at radius 3 is 2.50 bits per heavy atom. The summed E-state index contributed by atoms with van der Waals surface area (Å²) in [5.74, 6) is -0.100. The van der Waals surface area contributed by atoms with Crippen LogP contribution in [-0.2, 0) is 0 Å². The lowest BCUT2D eigenvalue weighted by Gasteiger charge is -2.17. The topological polar surface area (TPSA) is 96.7 Å². The molecule has 34 heavy (non-hydrogen) atoms. The minimum Gasteiger partial charge on any atom is -0.495 e. The molecule has 4 aromatic rings. The molecule has 7 nitrogen and oxygen atoms in total. The average Bonchev–Trinajstić information content (AvgIpc) is 3.04. The Morgan fingerprint density at radius 2 is 1.71 bits per heavy atom. The molecule has 8 heteroatoms. The first kappa shape index (κ1) is 21.8. The molecule has 0 saturated heterocycles. The molecular weight excluding hydrogens is 450 g/mol. The number of aromatic amines is 1. The highest BCUT2D eigenvalue weighted by Crippen LogP contribution is 2.45. The number of ether oxygens (including phenoxy) is 1. The normalized spacial score (nSPS) is 15.2. The van der Waals surface area contributed by atoms with Crippen LogP contribution in [0.4, 0.5) is 5.69 Å². The highest BCUT2D eigenvalue weighted by molar-refractivity contribution is 7.99. The van der Waals surface area contributed by atoms with E-state index in [1.807, 2.05) is 54.6 Å². The molecule has 2 heterocycles. The molecule has 1 aliphatic rings. The van der Waals surface area contributed by atoms with Crippen LogP contribution in [0.15, 0.2) is 98.3 Å². The highest BCUT2D eigenvalue weighted by atomic mass is 32.2. The second-order valence-corrected chi connectivity index (χ2v) is 8.96. The van der Waals surface area contributed by atoms with Crippen LogP contribution in [0.2, 0.25) is 0 Å². The third kappa shape index (κ3) is 3.92. The number of nitrogens with one attached hydrogen (secondary N) is 1. The van der Waals surface area contributed by atoms with E-state index < -0.39 is 17.1 Å². The minimum absolute atomic E-state index is 0.0382. The van der Waals surface area contributed by atoms with Gasteiger partial charge in [-0.15, -0.1) is 11.8 Å². The molecule has 2 N–H and O–H groups in total. The Balaban J connectivity index is 1.73. The largest absolute Gasteiger partial charge is 0.495 e. The summed E-state index contributed by atoms with van der Waals surface area (Å²) >= 11 is 1.65. The van der Waals surface area contributed by atoms with Crippen molar-refractivity contribution < 1.29 is 9.84 Å². The van der Waals surface area contributed by atoms with E-state index in [1.165, 1.54) is 7.11 Å². The molecule has 0 unspecified atom stereocenters. The molecule has 5 rings (SSSR count). The van der Waals surface area contributed by atoms with E-state index in [4.69, 9.17) is 9.73 Å². The lowest BCUT2D eigenvalue weighted by molar-refractivity contribution is 0.401. The summed E-state index contributed by atoms with van der Waals surface area (Å²) in [7, 11) is 1.47. The predicted molar refractivity (Wildman–Crippen MR) is 133 cm³/mol. The number of para-hydroxylation sites is 3. The smallest absolute Gasteiger partial charge is 0.335 e. The standard InChI is InChI=1S/C26H21N3O4S/c1-33-20-13-7-6-12-19(20)29-25(31)23(24(30)28-26(29)32)18-15-22(16-9-3-2-4-10-16)34-21-14-8-5-11-17(21)27-18/h2-14,22,31H,15H2,1H3,(H,28,30,32)/t22-/m1/s1. The number of aliphatic imine (C=N–C) groups is 1. The maximum Gasteiger partial charge on any atom is 0.335 e. The lowest BCUT2D eigenvalue weighted by Crippen LogP contribution is -2.33. The minimum atomic E-state index is -0.764. The van der Waals surface area contributed by atoms with Gasteiger partial charge in [0.2, 0.25) is 5.88 Å². The first-order valence-corrected chi connectivity index (χ1v) is 11.5. The number of fused-ring (bicyclic) bond motifs is 1. The highest BCUT2D eigenvalue weighted by Gasteiger charge is 2.28. The van der Waals surface area contributed by atoms with Crippen molar-refractivity contribution in [3.8, 4) is 17.3 Å². The number of hydrogen-bond donors (Lipinski definition) is 2. The average molecular weight is 472 g/mol. The maximum atomic E-state index is 13.0. The van der Waals surface area contributed by atoms with E-state index in [0.29, 0.717) is 29.3 Å². The van der Waals surface area contributed by atoms with Gasteiger partial charge in [-0.25, -0.2) is 9.36 Å². The third-order valence-electron chi connectivity index (χ3n) is 5.64. The fraction of sp³-hybridized carbons (Fsp3) is 0.115. The number of thioether (sulfide) groups is 1. The molecule has 170 valence electrons. The Kier molecular flexibility index (Phi) is 5.81. The zero-order valence-corrected chi connectivity index (χ0v) is 19.1. The van der Waals surface area contributed by atoms with Gasteiger partial charge in [0.1, 0.15) is 11.3 Å². The van der Waals surface area contributed by atoms with Crippen molar-refractivity contribution in [1.82, 2.24) is 9.55 Å². The van der Waals surface area contributed by atoms with Crippen molar-refractivity contribution in [2.24, 2.45) is 4.99 Å². The molecular formula is C26H21N3O4S. The number of aromatic nitrogens is 2. The molecule has 0 amide bonds. The van der Waals surface area contributed by atoms with Gasteiger partial charge < -0.3 is 9.84 Å². The zero-order chi connectivity index (χ0) is 23.7. The Labute approximate surface area is 199 Å². The summed E-state index contributed by atoms with van der Waals surface area (Å²) in [6.07, 6.45) is 0.379. The number of aromatic hydroxyl groups is 1. The fourth-order valence-electron chi connectivity index (χ4n) is 4.05. The molecule has 0 radical (unpaired) electrons. The van der Waals surface area contributed by atoms with Gasteiger partial charge in [0.25, 0.3) is 5.56 Å². The molecule has 0 spiro atoms. The van der Waals surface area contributed by atoms with Gasteiger partial charge in [-0.2, -0.15) is 0 Å². The summed E-state index contributed by atoms with van der Waals surface area (Å²) in [5, 5.41) is 11.2. The summed E-state index contributed by atoms with van der Waals surface area (Å²) in [6, 6.07) is 24.4. The number of methoxy groups -OCH3 is 1. The van der Waals surface area contributed by atoms with Crippen LogP contribution in [0.5, 0.6) is 11.6 Å². The summed E-state index contributed by atoms with van der Waals surface area (Å²) < 4.78 is 6.41. The fourth-order valence-corrected chi connectivity index (χ4v) is 5.28. The van der Waals surface area contributed by atoms with Crippen molar-refractivity contribution in [2.75, 3.05) is 7.11 Å². The molecule has 1 aliphatic heterocycles. The second-order valence-electron chi connectivity index (χ2n) is 7.71. The Hall–Kier alpha value is -4.04. The zero-order valence-electron chi connectivity index (χ0n) is 18.3. The lowest BCUT2D eigenvalue weighted by atomic mass is 10.0. The van der Waals surface area contributed by atoms with Gasteiger partial charge in [-0.05, 0) is 29.8 Å². The van der Waals surface area contributed by atoms with E-state index in [1.54, 1.807) is 36.0 Å². The predicted octanol–water partition coefficient (Wildman–Crippen LogP) is 4.60. The van der Waals surface area contributed by atoms with Gasteiger partial charge >= 0.3 is 5.69 Å². The number of benzene rings is 3. The van der Waals surface area contributed by atoms with Gasteiger partial charge in [-0.1, -0.05) is 54.6 Å². The van der Waals surface area contributed by atoms with Gasteiger partial charge in [0, 0.05) is 16.6 Å². The molecule has 0 saturated carbocycles. The van der Waals surface area contributed by atoms with Crippen LogP contribution in [0, 0.1) is 0 Å². The Morgan fingerprint density at radius 1 is 1.00 bits per heavy atom. The maximum absolute atomic E-state index is 13.0. The number of hydrogen-bond acceptors (Lipinski definition) is 6. The quantitative estimate of drug-likeness (QED) is 0.454. The van der Waals surface area contributed by atoms with Gasteiger partial charge in [0.15, 0.2) is 0 Å². The number of rotatable bonds is 4. The molecule has 1 aromatic heterocycles. The van der Waals surface area contributed by atoms with Crippen LogP contribution >= 0.6 is 11.8 Å². The van der Waals surface area contributed by atoms with Crippen LogP contribution in [0.3, 0.4) is 0 Å². The van der Waals surface area contributed by atoms with Crippen molar-refractivity contribution in [3.63, 3.8) is 0 Å². The van der Waals surface area contributed by atoms with Crippen molar-refractivity contribution in [1.29, 1.82) is 0 Å². The van der Waals surface area contributed by atoms with Crippen LogP contribution in [0.1, 0.15) is 22.8 Å². The monoisotopic (exact) mass is 471 g/mol. The Bertz CT molecular complexity index is 1510. The molecule has 1 atom stereocenters. The second kappa shape index (κ2) is 9.07. The molecule has 3 aromatic carbocycles. The van der Waals surface area contributed by atoms with Gasteiger partial charge in [0.05, 0.1) is 24.2 Å². The molecule has 0 bridgehead atoms. The van der Waals surface area contributed by atoms with Crippen LogP contribution in [-0.4, -0.2) is 27.5 Å². The summed E-state index contributed by atoms with van der Waals surface area (Å²) in [5.41, 5.74) is 0.995. The molecule has 0 fully saturated rings. The van der Waals surface area contributed by atoms with E-state index in [9.17, 15) is 14.7 Å². The third-order valence-corrected chi connectivity index (χ3v) is 6.96. The number of nitrogens with zero attached hydrogens (tertiary/aromatic N) is 2. The van der Waals surface area contributed by atoms with E-state index in [2.05, 4.69) is 4.98 Å². The molecule has 0 aliphatic carbocycles. The van der Waals surface area contributed by atoms with Crippen molar-refractivity contribution in [3.05, 3.63) is 111 Å². The number of H-pyrrole nitrogens is 1. The van der Waals surface area contributed by atoms with Crippen molar-refractivity contribution >= 4 is 23.2 Å². The van der Waals surface area contributed by atoms with Crippen molar-refractivity contribution in [2.45, 2.75) is 16.6 Å². The summed E-state index contributed by atoms with van der Waals surface area (Å²) in [6.45, 7) is 0. The van der Waals surface area contributed by atoms with E-state index in [-0.39, 0.29) is 10.8 Å². The van der Waals surface area contributed by atoms with Gasteiger partial charge in [-0.3, -0.25) is 14.8 Å². The van der Waals surface area contributed by atoms with E-state index in [0.717, 1.165) is 15.0 Å². The first-order valence-electron chi connectivity index (χ1n) is 10.7. The van der Waals surface area contributed by atoms with Crippen LogP contribution in [0.25, 0.3) is 5.69 Å². The van der Waals surface area contributed by atoms with E-state index >= 15 is 0 Å². The first-order chi connectivity index (χ1) is 16.6. The summed E-state index contributed by atoms with van der Waals surface area (Å²) in [4.78, 5) is 33.9. The SMILES string of the molecule is COc1ccccc1-n1c(O)c(C2=Nc3ccccc3S[C@@H](c3ccccc3)C2)c(=O)[nH]c1=O. The van der Waals surface area contributed by atoms with Crippen LogP contribution < -0.4 is 16.0 Å².